The minimum Gasteiger partial charge on any atom is -1.00 e. The third-order valence-electron chi connectivity index (χ3n) is 0. The predicted octanol–water partition coefficient (Wildman–Crippen LogP) is -10.2. The van der Waals surface area contributed by atoms with Gasteiger partial charge in [-0.3, -0.25) is 8.42 Å². The van der Waals surface area contributed by atoms with Gasteiger partial charge in [-0.25, -0.2) is 0 Å². The van der Waals surface area contributed by atoms with Crippen LogP contribution in [0.2, 0.25) is 0 Å². The molecule has 0 heterocycles. The third kappa shape index (κ3) is 45.1. The van der Waals surface area contributed by atoms with Crippen LogP contribution in [0.4, 0.5) is 0 Å². The summed E-state index contributed by atoms with van der Waals surface area (Å²) < 4.78 is 34.1. The second-order valence-corrected chi connectivity index (χ2v) is 1.22. The van der Waals surface area contributed by atoms with Crippen molar-refractivity contribution >= 4 is 10.4 Å². The molecule has 0 aromatic carbocycles. The van der Waals surface area contributed by atoms with E-state index in [1.807, 2.05) is 0 Å². The molecule has 0 fully saturated rings. The van der Waals surface area contributed by atoms with E-state index in [1.165, 1.54) is 0 Å². The molecule has 0 aromatic heterocycles. The Morgan fingerprint density at radius 1 is 1.00 bits per heavy atom. The summed E-state index contributed by atoms with van der Waals surface area (Å²) in [4.78, 5) is 0. The molecule has 0 spiro atoms. The zero-order chi connectivity index (χ0) is 4.50. The fourth-order valence-corrected chi connectivity index (χ4v) is 0. The van der Waals surface area contributed by atoms with Gasteiger partial charge in [-0.15, -0.1) is 0 Å². The summed E-state index contributed by atoms with van der Waals surface area (Å²) in [5, 5.41) is 0. The summed E-state index contributed by atoms with van der Waals surface area (Å²) in [6, 6.07) is 0. The standard InChI is InChI=1S/3K.H2O4S.H/c;;;1-5(2,3)4;/h;;;(H2,1,2,3,4);/q3*+1;;-1/p-2. The molecule has 0 unspecified atom stereocenters. The third-order valence-corrected chi connectivity index (χ3v) is 0. The molecule has 0 aromatic rings. The van der Waals surface area contributed by atoms with E-state index in [9.17, 15) is 0 Å². The monoisotopic (exact) mass is 214 g/mol. The maximum absolute atomic E-state index is 8.52. The Morgan fingerprint density at radius 2 is 1.00 bits per heavy atom. The van der Waals surface area contributed by atoms with E-state index in [0.29, 0.717) is 0 Å². The second-order valence-electron chi connectivity index (χ2n) is 0.408. The van der Waals surface area contributed by atoms with Gasteiger partial charge in [0.25, 0.3) is 0 Å². The molecule has 0 bridgehead atoms. The first-order chi connectivity index (χ1) is 2.00. The molecular weight excluding hydrogens is 213 g/mol. The van der Waals surface area contributed by atoms with Crippen LogP contribution in [-0.4, -0.2) is 17.5 Å². The van der Waals surface area contributed by atoms with E-state index < -0.39 is 10.4 Å². The number of hydrogen-bond acceptors (Lipinski definition) is 4. The zero-order valence-corrected chi connectivity index (χ0v) is 15.2. The average Bonchev–Trinajstić information content (AvgIpc) is 0.722. The molecule has 0 aliphatic carbocycles. The van der Waals surface area contributed by atoms with Crippen LogP contribution in [0.5, 0.6) is 0 Å². The Kier molecular flexibility index (Phi) is 33.9. The van der Waals surface area contributed by atoms with Crippen molar-refractivity contribution in [1.82, 2.24) is 0 Å². The van der Waals surface area contributed by atoms with Crippen molar-refractivity contribution in [3.8, 4) is 0 Å². The van der Waals surface area contributed by atoms with Crippen LogP contribution in [0.25, 0.3) is 0 Å². The molecule has 8 heteroatoms. The topological polar surface area (TPSA) is 80.3 Å². The van der Waals surface area contributed by atoms with Crippen molar-refractivity contribution in [2.45, 2.75) is 0 Å². The molecular formula is HK3O4S. The quantitative estimate of drug-likeness (QED) is 0.228. The Labute approximate surface area is 177 Å². The largest absolute Gasteiger partial charge is 1.00 e. The summed E-state index contributed by atoms with van der Waals surface area (Å²) >= 11 is 0. The van der Waals surface area contributed by atoms with Crippen LogP contribution in [-0.2, 0) is 10.4 Å². The summed E-state index contributed by atoms with van der Waals surface area (Å²) in [6.07, 6.45) is 0. The van der Waals surface area contributed by atoms with Gasteiger partial charge in [0.05, 0.1) is 0 Å². The van der Waals surface area contributed by atoms with Crippen LogP contribution >= 0.6 is 0 Å². The van der Waals surface area contributed by atoms with Gasteiger partial charge < -0.3 is 10.5 Å². The SMILES string of the molecule is O=S(=O)([O-])[O-].[H-].[K+].[K+].[K+]. The van der Waals surface area contributed by atoms with Gasteiger partial charge in [0.1, 0.15) is 0 Å². The van der Waals surface area contributed by atoms with Crippen molar-refractivity contribution in [3.05, 3.63) is 0 Å². The second kappa shape index (κ2) is 11.8. The summed E-state index contributed by atoms with van der Waals surface area (Å²) in [5.74, 6) is 0. The first-order valence-corrected chi connectivity index (χ1v) is 2.00. The fourth-order valence-electron chi connectivity index (χ4n) is 0. The van der Waals surface area contributed by atoms with Crippen LogP contribution in [0.1, 0.15) is 1.43 Å². The summed E-state index contributed by atoms with van der Waals surface area (Å²) in [5.41, 5.74) is 0. The van der Waals surface area contributed by atoms with Gasteiger partial charge in [0.15, 0.2) is 0 Å². The molecule has 0 saturated heterocycles. The Hall–Kier alpha value is 4.78. The molecule has 0 aliphatic heterocycles. The zero-order valence-electron chi connectivity index (χ0n) is 6.04. The minimum atomic E-state index is -5.17. The smallest absolute Gasteiger partial charge is 1.00 e. The van der Waals surface area contributed by atoms with Crippen LogP contribution in [0, 0.1) is 0 Å². The molecule has 8 heavy (non-hydrogen) atoms. The van der Waals surface area contributed by atoms with Gasteiger partial charge in [-0.05, 0) is 0 Å². The maximum atomic E-state index is 8.52. The predicted molar refractivity (Wildman–Crippen MR) is 11.6 cm³/mol. The Balaban J connectivity index is -0.0000000133. The Bertz CT molecular complexity index is 99.0. The minimum absolute atomic E-state index is 0. The molecule has 34 valence electrons. The average molecular weight is 214 g/mol. The van der Waals surface area contributed by atoms with Crippen molar-refractivity contribution in [1.29, 1.82) is 0 Å². The normalized spacial score (nSPS) is 7.25. The molecule has 0 N–H and O–H groups in total. The molecule has 4 nitrogen and oxygen atoms in total. The molecule has 0 radical (unpaired) electrons. The van der Waals surface area contributed by atoms with Crippen molar-refractivity contribution in [2.75, 3.05) is 0 Å². The van der Waals surface area contributed by atoms with Crippen LogP contribution in [0.3, 0.4) is 0 Å². The molecule has 0 amide bonds. The van der Waals surface area contributed by atoms with E-state index >= 15 is 0 Å². The first-order valence-electron chi connectivity index (χ1n) is 0.667. The van der Waals surface area contributed by atoms with Gasteiger partial charge in [0.2, 0.25) is 0 Å². The molecule has 0 rings (SSSR count). The maximum Gasteiger partial charge on any atom is 1.00 e. The van der Waals surface area contributed by atoms with E-state index in [-0.39, 0.29) is 156 Å². The van der Waals surface area contributed by atoms with Crippen molar-refractivity contribution in [2.24, 2.45) is 0 Å². The van der Waals surface area contributed by atoms with Crippen molar-refractivity contribution < 1.29 is 173 Å². The summed E-state index contributed by atoms with van der Waals surface area (Å²) in [7, 11) is -5.17. The van der Waals surface area contributed by atoms with E-state index in [4.69, 9.17) is 17.5 Å². The van der Waals surface area contributed by atoms with E-state index in [0.717, 1.165) is 0 Å². The molecule has 0 saturated carbocycles. The first kappa shape index (κ1) is 23.0. The van der Waals surface area contributed by atoms with E-state index in [2.05, 4.69) is 0 Å². The fraction of sp³-hybridized carbons (Fsp3) is 0. The van der Waals surface area contributed by atoms with Crippen molar-refractivity contribution in [3.63, 3.8) is 0 Å². The van der Waals surface area contributed by atoms with Gasteiger partial charge in [-0.2, -0.15) is 0 Å². The number of rotatable bonds is 0. The van der Waals surface area contributed by atoms with Gasteiger partial charge in [0, 0.05) is 10.4 Å². The summed E-state index contributed by atoms with van der Waals surface area (Å²) in [6.45, 7) is 0. The molecule has 0 atom stereocenters. The number of hydrogen-bond donors (Lipinski definition) is 0. The van der Waals surface area contributed by atoms with Gasteiger partial charge >= 0.3 is 154 Å². The van der Waals surface area contributed by atoms with Gasteiger partial charge in [-0.1, -0.05) is 0 Å². The molecule has 0 aliphatic rings. The van der Waals surface area contributed by atoms with Crippen LogP contribution in [0.15, 0.2) is 0 Å². The van der Waals surface area contributed by atoms with Crippen LogP contribution < -0.4 is 154 Å². The Morgan fingerprint density at radius 3 is 1.00 bits per heavy atom. The van der Waals surface area contributed by atoms with E-state index in [1.54, 1.807) is 0 Å².